The predicted octanol–water partition coefficient (Wildman–Crippen LogP) is 3.80. The number of hydrogen-bond donors (Lipinski definition) is 1. The molecule has 72 valence electrons. The van der Waals surface area contributed by atoms with Gasteiger partial charge in [0, 0.05) is 14.5 Å². The average molecular weight is 307 g/mol. The SMILES string of the molecule is CCC(C)(N)c1c(Br)cccc1Br. The summed E-state index contributed by atoms with van der Waals surface area (Å²) in [6, 6.07) is 6.02. The Labute approximate surface area is 96.0 Å². The fourth-order valence-corrected chi connectivity index (χ4v) is 3.12. The molecule has 1 aromatic rings. The number of nitrogens with two attached hydrogens (primary N) is 1. The Morgan fingerprint density at radius 3 is 2.15 bits per heavy atom. The summed E-state index contributed by atoms with van der Waals surface area (Å²) in [5.41, 5.74) is 7.04. The van der Waals surface area contributed by atoms with Crippen LogP contribution in [0.15, 0.2) is 27.1 Å². The Balaban J connectivity index is 3.28. The maximum absolute atomic E-state index is 6.18. The van der Waals surface area contributed by atoms with Crippen LogP contribution in [0.4, 0.5) is 0 Å². The molecule has 0 saturated heterocycles. The second kappa shape index (κ2) is 4.11. The van der Waals surface area contributed by atoms with Gasteiger partial charge < -0.3 is 5.73 Å². The molecule has 0 aliphatic rings. The van der Waals surface area contributed by atoms with Crippen molar-refractivity contribution in [1.29, 1.82) is 0 Å². The summed E-state index contributed by atoms with van der Waals surface area (Å²) in [6.07, 6.45) is 0.911. The standard InChI is InChI=1S/C10H13Br2N/c1-3-10(2,13)9-7(11)5-4-6-8(9)12/h4-6H,3,13H2,1-2H3. The third-order valence-electron chi connectivity index (χ3n) is 2.27. The van der Waals surface area contributed by atoms with E-state index in [9.17, 15) is 0 Å². The highest BCUT2D eigenvalue weighted by molar-refractivity contribution is 9.11. The van der Waals surface area contributed by atoms with Gasteiger partial charge in [0.1, 0.15) is 0 Å². The minimum absolute atomic E-state index is 0.279. The first kappa shape index (κ1) is 11.2. The fourth-order valence-electron chi connectivity index (χ4n) is 1.22. The molecule has 0 aliphatic carbocycles. The lowest BCUT2D eigenvalue weighted by molar-refractivity contribution is 0.472. The Morgan fingerprint density at radius 2 is 1.77 bits per heavy atom. The Morgan fingerprint density at radius 1 is 1.31 bits per heavy atom. The van der Waals surface area contributed by atoms with Crippen molar-refractivity contribution in [3.63, 3.8) is 0 Å². The molecule has 0 saturated carbocycles. The van der Waals surface area contributed by atoms with Crippen molar-refractivity contribution in [3.8, 4) is 0 Å². The molecule has 0 aromatic heterocycles. The van der Waals surface area contributed by atoms with Crippen LogP contribution in [0.5, 0.6) is 0 Å². The number of rotatable bonds is 2. The van der Waals surface area contributed by atoms with E-state index in [0.717, 1.165) is 20.9 Å². The first-order valence-electron chi connectivity index (χ1n) is 4.22. The molecular weight excluding hydrogens is 294 g/mol. The van der Waals surface area contributed by atoms with E-state index in [-0.39, 0.29) is 5.54 Å². The van der Waals surface area contributed by atoms with E-state index >= 15 is 0 Å². The fraction of sp³-hybridized carbons (Fsp3) is 0.400. The van der Waals surface area contributed by atoms with Crippen LogP contribution in [0.25, 0.3) is 0 Å². The summed E-state index contributed by atoms with van der Waals surface area (Å²) in [5, 5.41) is 0. The molecular formula is C10H13Br2N. The van der Waals surface area contributed by atoms with Crippen LogP contribution in [-0.2, 0) is 5.54 Å². The normalized spacial score (nSPS) is 15.5. The first-order valence-corrected chi connectivity index (χ1v) is 5.81. The topological polar surface area (TPSA) is 26.0 Å². The number of benzene rings is 1. The number of halogens is 2. The van der Waals surface area contributed by atoms with Gasteiger partial charge in [0.2, 0.25) is 0 Å². The van der Waals surface area contributed by atoms with Crippen LogP contribution in [0.2, 0.25) is 0 Å². The predicted molar refractivity (Wildman–Crippen MR) is 63.7 cm³/mol. The highest BCUT2D eigenvalue weighted by Crippen LogP contribution is 2.34. The Kier molecular flexibility index (Phi) is 3.55. The number of hydrogen-bond acceptors (Lipinski definition) is 1. The quantitative estimate of drug-likeness (QED) is 0.884. The summed E-state index contributed by atoms with van der Waals surface area (Å²) >= 11 is 7.03. The lowest BCUT2D eigenvalue weighted by atomic mass is 9.91. The lowest BCUT2D eigenvalue weighted by Gasteiger charge is -2.26. The summed E-state index contributed by atoms with van der Waals surface area (Å²) < 4.78 is 2.13. The molecule has 3 heteroatoms. The van der Waals surface area contributed by atoms with E-state index in [2.05, 4.69) is 38.8 Å². The molecule has 0 radical (unpaired) electrons. The van der Waals surface area contributed by atoms with Crippen molar-refractivity contribution in [2.75, 3.05) is 0 Å². The zero-order chi connectivity index (χ0) is 10.1. The van der Waals surface area contributed by atoms with Gasteiger partial charge in [0.05, 0.1) is 0 Å². The molecule has 0 bridgehead atoms. The van der Waals surface area contributed by atoms with E-state index in [1.54, 1.807) is 0 Å². The van der Waals surface area contributed by atoms with Gasteiger partial charge in [-0.1, -0.05) is 44.8 Å². The third-order valence-corrected chi connectivity index (χ3v) is 3.59. The van der Waals surface area contributed by atoms with Crippen molar-refractivity contribution in [2.24, 2.45) is 5.73 Å². The maximum atomic E-state index is 6.18. The van der Waals surface area contributed by atoms with E-state index in [1.807, 2.05) is 25.1 Å². The molecule has 0 fully saturated rings. The van der Waals surface area contributed by atoms with Crippen LogP contribution in [-0.4, -0.2) is 0 Å². The van der Waals surface area contributed by atoms with E-state index in [0.29, 0.717) is 0 Å². The van der Waals surface area contributed by atoms with Gasteiger partial charge in [0.15, 0.2) is 0 Å². The third kappa shape index (κ3) is 2.33. The highest BCUT2D eigenvalue weighted by atomic mass is 79.9. The molecule has 0 heterocycles. The van der Waals surface area contributed by atoms with Crippen LogP contribution in [0.3, 0.4) is 0 Å². The molecule has 0 amide bonds. The van der Waals surface area contributed by atoms with Gasteiger partial charge in [-0.3, -0.25) is 0 Å². The Hall–Kier alpha value is 0.140. The van der Waals surface area contributed by atoms with Gasteiger partial charge in [-0.05, 0) is 31.0 Å². The molecule has 0 spiro atoms. The summed E-state index contributed by atoms with van der Waals surface area (Å²) in [5.74, 6) is 0. The summed E-state index contributed by atoms with van der Waals surface area (Å²) in [6.45, 7) is 4.13. The van der Waals surface area contributed by atoms with Crippen molar-refractivity contribution in [3.05, 3.63) is 32.7 Å². The second-order valence-corrected chi connectivity index (χ2v) is 5.08. The van der Waals surface area contributed by atoms with Crippen molar-refractivity contribution < 1.29 is 0 Å². The molecule has 1 nitrogen and oxygen atoms in total. The van der Waals surface area contributed by atoms with Crippen molar-refractivity contribution in [2.45, 2.75) is 25.8 Å². The smallest absolute Gasteiger partial charge is 0.0400 e. The van der Waals surface area contributed by atoms with Gasteiger partial charge >= 0.3 is 0 Å². The van der Waals surface area contributed by atoms with Crippen molar-refractivity contribution in [1.82, 2.24) is 0 Å². The van der Waals surface area contributed by atoms with Gasteiger partial charge in [-0.2, -0.15) is 0 Å². The molecule has 1 rings (SSSR count). The average Bonchev–Trinajstić information content (AvgIpc) is 2.03. The maximum Gasteiger partial charge on any atom is 0.0400 e. The van der Waals surface area contributed by atoms with Crippen molar-refractivity contribution >= 4 is 31.9 Å². The zero-order valence-electron chi connectivity index (χ0n) is 7.77. The van der Waals surface area contributed by atoms with E-state index in [4.69, 9.17) is 5.73 Å². The first-order chi connectivity index (χ1) is 5.99. The Bertz CT molecular complexity index is 288. The second-order valence-electron chi connectivity index (χ2n) is 3.37. The molecule has 0 aliphatic heterocycles. The summed E-state index contributed by atoms with van der Waals surface area (Å²) in [7, 11) is 0. The monoisotopic (exact) mass is 305 g/mol. The van der Waals surface area contributed by atoms with Gasteiger partial charge in [-0.15, -0.1) is 0 Å². The largest absolute Gasteiger partial charge is 0.322 e. The van der Waals surface area contributed by atoms with Gasteiger partial charge in [-0.25, -0.2) is 0 Å². The van der Waals surface area contributed by atoms with Gasteiger partial charge in [0.25, 0.3) is 0 Å². The molecule has 1 aromatic carbocycles. The molecule has 13 heavy (non-hydrogen) atoms. The molecule has 2 N–H and O–H groups in total. The van der Waals surface area contributed by atoms with E-state index < -0.39 is 0 Å². The van der Waals surface area contributed by atoms with Crippen LogP contribution in [0, 0.1) is 0 Å². The highest BCUT2D eigenvalue weighted by Gasteiger charge is 2.23. The van der Waals surface area contributed by atoms with Crippen LogP contribution in [0.1, 0.15) is 25.8 Å². The van der Waals surface area contributed by atoms with E-state index in [1.165, 1.54) is 0 Å². The zero-order valence-corrected chi connectivity index (χ0v) is 10.9. The lowest BCUT2D eigenvalue weighted by Crippen LogP contribution is -2.32. The molecule has 1 atom stereocenters. The molecule has 1 unspecified atom stereocenters. The van der Waals surface area contributed by atoms with Crippen LogP contribution < -0.4 is 5.73 Å². The minimum Gasteiger partial charge on any atom is -0.322 e. The van der Waals surface area contributed by atoms with Crippen LogP contribution >= 0.6 is 31.9 Å². The summed E-state index contributed by atoms with van der Waals surface area (Å²) in [4.78, 5) is 0. The minimum atomic E-state index is -0.279.